The minimum absolute atomic E-state index is 0.142. The maximum Gasteiger partial charge on any atom is 0.254 e. The molecule has 4 nitrogen and oxygen atoms in total. The van der Waals surface area contributed by atoms with Crippen molar-refractivity contribution in [1.29, 1.82) is 0 Å². The van der Waals surface area contributed by atoms with Crippen molar-refractivity contribution in [3.8, 4) is 0 Å². The van der Waals surface area contributed by atoms with Crippen LogP contribution in [0.4, 0.5) is 5.82 Å². The summed E-state index contributed by atoms with van der Waals surface area (Å²) in [7, 11) is 0. The van der Waals surface area contributed by atoms with Crippen LogP contribution in [0.25, 0.3) is 0 Å². The molecule has 0 bridgehead atoms. The van der Waals surface area contributed by atoms with Gasteiger partial charge in [-0.25, -0.2) is 4.98 Å². The molecule has 1 atom stereocenters. The zero-order valence-corrected chi connectivity index (χ0v) is 13.6. The number of nitrogens with zero attached hydrogens (tertiary/aromatic N) is 2. The molecule has 1 fully saturated rings. The van der Waals surface area contributed by atoms with Gasteiger partial charge in [0.15, 0.2) is 0 Å². The number of hydrogen-bond donors (Lipinski definition) is 1. The molecule has 0 radical (unpaired) electrons. The zero-order valence-electron chi connectivity index (χ0n) is 13.6. The first kappa shape index (κ1) is 15.8. The van der Waals surface area contributed by atoms with Gasteiger partial charge in [-0.2, -0.15) is 0 Å². The lowest BCUT2D eigenvalue weighted by molar-refractivity contribution is 0.0788. The predicted octanol–water partition coefficient (Wildman–Crippen LogP) is 3.51. The standard InChI is InChI=1S/C17H27N3O/c1-5-7-18-16-10-14(9-15(19-16)12(2)3)17(21)20-8-6-13(4)11-20/h9-10,12-13H,5-8,11H2,1-4H3,(H,18,19). The normalized spacial score (nSPS) is 18.3. The van der Waals surface area contributed by atoms with Crippen molar-refractivity contribution in [3.63, 3.8) is 0 Å². The van der Waals surface area contributed by atoms with E-state index < -0.39 is 0 Å². The number of aromatic nitrogens is 1. The van der Waals surface area contributed by atoms with Crippen LogP contribution in [-0.2, 0) is 0 Å². The largest absolute Gasteiger partial charge is 0.370 e. The van der Waals surface area contributed by atoms with Gasteiger partial charge in [0.05, 0.1) is 0 Å². The Morgan fingerprint density at radius 1 is 1.48 bits per heavy atom. The Labute approximate surface area is 127 Å². The van der Waals surface area contributed by atoms with Gasteiger partial charge in [0.1, 0.15) is 5.82 Å². The van der Waals surface area contributed by atoms with Crippen LogP contribution in [0.5, 0.6) is 0 Å². The summed E-state index contributed by atoms with van der Waals surface area (Å²) >= 11 is 0. The van der Waals surface area contributed by atoms with E-state index in [2.05, 4.69) is 38.0 Å². The van der Waals surface area contributed by atoms with E-state index in [0.29, 0.717) is 11.8 Å². The van der Waals surface area contributed by atoms with Crippen molar-refractivity contribution in [2.24, 2.45) is 5.92 Å². The first-order chi connectivity index (χ1) is 10.0. The van der Waals surface area contributed by atoms with Gasteiger partial charge in [0.25, 0.3) is 5.91 Å². The molecule has 1 N–H and O–H groups in total. The molecule has 1 aromatic heterocycles. The van der Waals surface area contributed by atoms with Gasteiger partial charge in [-0.3, -0.25) is 4.79 Å². The molecular formula is C17H27N3O. The van der Waals surface area contributed by atoms with Gasteiger partial charge in [0, 0.05) is 30.9 Å². The molecule has 2 rings (SSSR count). The fourth-order valence-electron chi connectivity index (χ4n) is 2.62. The summed E-state index contributed by atoms with van der Waals surface area (Å²) in [6, 6.07) is 3.85. The SMILES string of the molecule is CCCNc1cc(C(=O)N2CCC(C)C2)cc(C(C)C)n1. The Morgan fingerprint density at radius 3 is 2.81 bits per heavy atom. The molecule has 21 heavy (non-hydrogen) atoms. The van der Waals surface area contributed by atoms with E-state index in [4.69, 9.17) is 0 Å². The molecule has 1 aromatic rings. The summed E-state index contributed by atoms with van der Waals surface area (Å²) in [5.41, 5.74) is 1.74. The molecule has 0 aromatic carbocycles. The highest BCUT2D eigenvalue weighted by atomic mass is 16.2. The summed E-state index contributed by atoms with van der Waals surface area (Å²) in [6.07, 6.45) is 2.15. The first-order valence-electron chi connectivity index (χ1n) is 8.06. The minimum Gasteiger partial charge on any atom is -0.370 e. The fraction of sp³-hybridized carbons (Fsp3) is 0.647. The van der Waals surface area contributed by atoms with E-state index in [1.165, 1.54) is 0 Å². The molecule has 1 amide bonds. The third-order valence-electron chi connectivity index (χ3n) is 3.95. The third kappa shape index (κ3) is 3.96. The van der Waals surface area contributed by atoms with Crippen molar-refractivity contribution in [3.05, 3.63) is 23.4 Å². The van der Waals surface area contributed by atoms with Crippen molar-refractivity contribution in [2.45, 2.75) is 46.5 Å². The molecule has 2 heterocycles. The minimum atomic E-state index is 0.142. The lowest BCUT2D eigenvalue weighted by Gasteiger charge is -2.18. The van der Waals surface area contributed by atoms with Crippen molar-refractivity contribution in [2.75, 3.05) is 25.0 Å². The molecule has 0 aliphatic carbocycles. The molecule has 0 saturated carbocycles. The molecule has 1 aliphatic rings. The summed E-state index contributed by atoms with van der Waals surface area (Å²) in [6.45, 7) is 11.2. The monoisotopic (exact) mass is 289 g/mol. The first-order valence-corrected chi connectivity index (χ1v) is 8.06. The molecule has 1 unspecified atom stereocenters. The highest BCUT2D eigenvalue weighted by Crippen LogP contribution is 2.22. The maximum absolute atomic E-state index is 12.7. The number of carbonyl (C=O) groups is 1. The average molecular weight is 289 g/mol. The topological polar surface area (TPSA) is 45.2 Å². The Hall–Kier alpha value is -1.58. The lowest BCUT2D eigenvalue weighted by atomic mass is 10.1. The molecule has 1 saturated heterocycles. The number of rotatable bonds is 5. The van der Waals surface area contributed by atoms with Crippen LogP contribution in [0.1, 0.15) is 62.5 Å². The van der Waals surface area contributed by atoms with E-state index in [9.17, 15) is 4.79 Å². The van der Waals surface area contributed by atoms with E-state index in [1.54, 1.807) is 0 Å². The van der Waals surface area contributed by atoms with Crippen molar-refractivity contribution >= 4 is 11.7 Å². The summed E-state index contributed by atoms with van der Waals surface area (Å²) in [4.78, 5) is 19.2. The van der Waals surface area contributed by atoms with Crippen molar-refractivity contribution in [1.82, 2.24) is 9.88 Å². The quantitative estimate of drug-likeness (QED) is 0.902. The van der Waals surface area contributed by atoms with Gasteiger partial charge in [-0.15, -0.1) is 0 Å². The second kappa shape index (κ2) is 6.92. The Morgan fingerprint density at radius 2 is 2.24 bits per heavy atom. The predicted molar refractivity (Wildman–Crippen MR) is 86.8 cm³/mol. The lowest BCUT2D eigenvalue weighted by Crippen LogP contribution is -2.28. The Balaban J connectivity index is 2.24. The van der Waals surface area contributed by atoms with Gasteiger partial charge < -0.3 is 10.2 Å². The van der Waals surface area contributed by atoms with Gasteiger partial charge in [-0.05, 0) is 36.8 Å². The van der Waals surface area contributed by atoms with E-state index in [-0.39, 0.29) is 5.91 Å². The third-order valence-corrected chi connectivity index (χ3v) is 3.95. The fourth-order valence-corrected chi connectivity index (χ4v) is 2.62. The van der Waals surface area contributed by atoms with E-state index in [1.807, 2.05) is 17.0 Å². The van der Waals surface area contributed by atoms with Crippen LogP contribution in [0.2, 0.25) is 0 Å². The molecule has 4 heteroatoms. The van der Waals surface area contributed by atoms with Crippen LogP contribution < -0.4 is 5.32 Å². The number of hydrogen-bond acceptors (Lipinski definition) is 3. The highest BCUT2D eigenvalue weighted by molar-refractivity contribution is 5.95. The Bertz CT molecular complexity index is 499. The van der Waals surface area contributed by atoms with Crippen LogP contribution in [0, 0.1) is 5.92 Å². The van der Waals surface area contributed by atoms with Crippen LogP contribution in [-0.4, -0.2) is 35.4 Å². The smallest absolute Gasteiger partial charge is 0.254 e. The molecule has 0 spiro atoms. The number of likely N-dealkylation sites (tertiary alicyclic amines) is 1. The maximum atomic E-state index is 12.7. The number of amides is 1. The van der Waals surface area contributed by atoms with Crippen LogP contribution >= 0.6 is 0 Å². The number of pyridine rings is 1. The summed E-state index contributed by atoms with van der Waals surface area (Å²) in [5, 5.41) is 3.30. The van der Waals surface area contributed by atoms with E-state index in [0.717, 1.165) is 49.6 Å². The number of carbonyl (C=O) groups excluding carboxylic acids is 1. The van der Waals surface area contributed by atoms with Crippen molar-refractivity contribution < 1.29 is 4.79 Å². The van der Waals surface area contributed by atoms with Crippen LogP contribution in [0.15, 0.2) is 12.1 Å². The number of anilines is 1. The highest BCUT2D eigenvalue weighted by Gasteiger charge is 2.25. The molecular weight excluding hydrogens is 262 g/mol. The zero-order chi connectivity index (χ0) is 15.4. The second-order valence-corrected chi connectivity index (χ2v) is 6.39. The Kier molecular flexibility index (Phi) is 5.21. The van der Waals surface area contributed by atoms with E-state index >= 15 is 0 Å². The molecule has 1 aliphatic heterocycles. The van der Waals surface area contributed by atoms with Gasteiger partial charge in [0.2, 0.25) is 0 Å². The summed E-state index contributed by atoms with van der Waals surface area (Å²) in [5.74, 6) is 1.89. The molecule has 116 valence electrons. The van der Waals surface area contributed by atoms with Gasteiger partial charge in [-0.1, -0.05) is 27.7 Å². The second-order valence-electron chi connectivity index (χ2n) is 6.39. The van der Waals surface area contributed by atoms with Crippen LogP contribution in [0.3, 0.4) is 0 Å². The number of nitrogens with one attached hydrogen (secondary N) is 1. The average Bonchev–Trinajstić information content (AvgIpc) is 2.90. The summed E-state index contributed by atoms with van der Waals surface area (Å²) < 4.78 is 0. The van der Waals surface area contributed by atoms with Gasteiger partial charge >= 0.3 is 0 Å².